The van der Waals surface area contributed by atoms with E-state index in [9.17, 15) is 14.4 Å². The first-order valence-corrected chi connectivity index (χ1v) is 18.6. The van der Waals surface area contributed by atoms with Gasteiger partial charge in [-0.05, 0) is 0 Å². The number of methoxy groups -OCH3 is 1. The Balaban J connectivity index is 2.04. The zero-order valence-electron chi connectivity index (χ0n) is 27.1. The number of aliphatic imine (C=N–C) groups is 1. The summed E-state index contributed by atoms with van der Waals surface area (Å²) in [5, 5.41) is 0.587. The standard InChI is InChI=1S/C31H43ClIN5O6/c1-30(2,3)43-27(39)34-26(37-19-35(8)28(40)36(9)20-37)38(29(41)44-31(4,5)6)18-21-11-16-25(24(32)17-21)33(7)22-12-14-23(42-10)15-13-22/h11-17H,18-20H2,1-10H3. The first-order valence-electron chi connectivity index (χ1n) is 13.9. The number of benzene rings is 2. The molecular formula is C31H43ClIN5O6. The third-order valence-corrected chi connectivity index (χ3v) is 12.1. The number of amides is 4. The van der Waals surface area contributed by atoms with Crippen molar-refractivity contribution >= 4 is 55.6 Å². The summed E-state index contributed by atoms with van der Waals surface area (Å²) in [6.07, 6.45) is -1.60. The Kier molecular flexibility index (Phi) is 11.4. The van der Waals surface area contributed by atoms with Gasteiger partial charge in [-0.25, -0.2) is 0 Å². The number of guanidine groups is 1. The molecule has 0 saturated carbocycles. The van der Waals surface area contributed by atoms with Crippen molar-refractivity contribution in [2.75, 3.05) is 39.5 Å². The first-order chi connectivity index (χ1) is 20.4. The van der Waals surface area contributed by atoms with Crippen LogP contribution in [0.3, 0.4) is 0 Å². The topological polar surface area (TPSA) is 104 Å². The molecule has 1 aliphatic rings. The molecule has 0 aliphatic carbocycles. The quantitative estimate of drug-likeness (QED) is 0.144. The number of carbonyl (C=O) groups excluding carboxylic acids is 3. The van der Waals surface area contributed by atoms with Crippen molar-refractivity contribution in [1.29, 1.82) is 0 Å². The van der Waals surface area contributed by atoms with Gasteiger partial charge in [-0.3, -0.25) is 0 Å². The van der Waals surface area contributed by atoms with Gasteiger partial charge < -0.3 is 0 Å². The predicted octanol–water partition coefficient (Wildman–Crippen LogP) is 6.77. The molecule has 0 atom stereocenters. The van der Waals surface area contributed by atoms with Crippen molar-refractivity contribution in [1.82, 2.24) is 19.6 Å². The second-order valence-electron chi connectivity index (χ2n) is 12.3. The van der Waals surface area contributed by atoms with Crippen LogP contribution >= 0.6 is 31.4 Å². The molecule has 0 unspecified atom stereocenters. The average molecular weight is 744 g/mol. The van der Waals surface area contributed by atoms with E-state index in [0.29, 0.717) is 10.6 Å². The number of urea groups is 1. The third-order valence-electron chi connectivity index (χ3n) is 6.15. The van der Waals surface area contributed by atoms with Gasteiger partial charge in [0.2, 0.25) is 0 Å². The van der Waals surface area contributed by atoms with Crippen LogP contribution in [0.5, 0.6) is 5.75 Å². The van der Waals surface area contributed by atoms with E-state index in [-0.39, 0.29) is 31.9 Å². The number of halogens is 2. The summed E-state index contributed by atoms with van der Waals surface area (Å²) >= 11 is 5.02. The van der Waals surface area contributed by atoms with Crippen LogP contribution in [0.25, 0.3) is 0 Å². The maximum atomic E-state index is 13.8. The normalized spacial score (nSPS) is 14.8. The molecule has 2 aromatic carbocycles. The van der Waals surface area contributed by atoms with Gasteiger partial charge in [0, 0.05) is 0 Å². The second-order valence-corrected chi connectivity index (χ2v) is 17.9. The molecule has 242 valence electrons. The Morgan fingerprint density at radius 1 is 0.955 bits per heavy atom. The number of nitrogens with zero attached hydrogens (tertiary/aromatic N) is 5. The summed E-state index contributed by atoms with van der Waals surface area (Å²) < 4.78 is 18.8. The first kappa shape index (κ1) is 35.2. The van der Waals surface area contributed by atoms with E-state index in [0.717, 1.165) is 9.32 Å². The second kappa shape index (κ2) is 14.2. The van der Waals surface area contributed by atoms with Crippen molar-refractivity contribution in [3.8, 4) is 5.75 Å². The van der Waals surface area contributed by atoms with E-state index in [1.54, 1.807) is 67.6 Å². The molecule has 4 amide bonds. The van der Waals surface area contributed by atoms with Crippen LogP contribution in [0.1, 0.15) is 47.1 Å². The van der Waals surface area contributed by atoms with E-state index in [1.165, 1.54) is 18.3 Å². The van der Waals surface area contributed by atoms with Crippen LogP contribution in [-0.2, 0) is 16.0 Å². The van der Waals surface area contributed by atoms with E-state index < -0.39 is 43.2 Å². The van der Waals surface area contributed by atoms with Crippen LogP contribution in [0.2, 0.25) is 5.02 Å². The number of hydrogen-bond acceptors (Lipinski definition) is 6. The van der Waals surface area contributed by atoms with Crippen molar-refractivity contribution in [2.45, 2.75) is 59.3 Å². The summed E-state index contributed by atoms with van der Waals surface area (Å²) in [5.41, 5.74) is -0.947. The van der Waals surface area contributed by atoms with E-state index in [1.807, 2.05) is 30.3 Å². The maximum absolute atomic E-state index is 13.8. The zero-order chi connectivity index (χ0) is 33.0. The van der Waals surface area contributed by atoms with Crippen molar-refractivity contribution in [3.05, 3.63) is 60.2 Å². The molecular weight excluding hydrogens is 701 g/mol. The van der Waals surface area contributed by atoms with Crippen LogP contribution in [0.15, 0.2) is 47.5 Å². The number of hydrogen-bond donors (Lipinski definition) is 0. The molecule has 0 radical (unpaired) electrons. The molecule has 13 heteroatoms. The fraction of sp³-hybridized carbons (Fsp3) is 0.484. The Labute approximate surface area is 272 Å². The Morgan fingerprint density at radius 2 is 1.52 bits per heavy atom. The molecule has 1 fully saturated rings. The van der Waals surface area contributed by atoms with Crippen LogP contribution in [0.4, 0.5) is 14.4 Å². The summed E-state index contributed by atoms with van der Waals surface area (Å²) in [5.74, 6) is 0.781. The molecule has 0 spiro atoms. The van der Waals surface area contributed by atoms with Crippen molar-refractivity contribution in [2.24, 2.45) is 4.99 Å². The molecule has 3 rings (SSSR count). The van der Waals surface area contributed by atoms with Crippen LogP contribution in [-0.4, -0.2) is 94.5 Å². The zero-order valence-corrected chi connectivity index (χ0v) is 30.0. The number of ether oxygens (including phenoxy) is 3. The minimum absolute atomic E-state index is 0.00508. The summed E-state index contributed by atoms with van der Waals surface area (Å²) in [4.78, 5) is 51.6. The fourth-order valence-corrected chi connectivity index (χ4v) is 8.90. The predicted molar refractivity (Wildman–Crippen MR) is 180 cm³/mol. The van der Waals surface area contributed by atoms with Gasteiger partial charge >= 0.3 is 273 Å². The molecule has 44 heavy (non-hydrogen) atoms. The van der Waals surface area contributed by atoms with E-state index >= 15 is 0 Å². The fourth-order valence-electron chi connectivity index (χ4n) is 4.23. The van der Waals surface area contributed by atoms with Crippen molar-refractivity contribution < 1.29 is 28.6 Å². The Morgan fingerprint density at radius 3 is 2.02 bits per heavy atom. The summed E-state index contributed by atoms with van der Waals surface area (Å²) in [7, 11) is 4.89. The Bertz CT molecular complexity index is 1380. The average Bonchev–Trinajstić information content (AvgIpc) is 2.91. The molecule has 2 aromatic rings. The van der Waals surface area contributed by atoms with Gasteiger partial charge in [0.25, 0.3) is 0 Å². The van der Waals surface area contributed by atoms with E-state index in [4.69, 9.17) is 25.8 Å². The molecule has 0 bridgehead atoms. The van der Waals surface area contributed by atoms with Gasteiger partial charge in [-0.1, -0.05) is 0 Å². The minimum atomic E-state index is -1.83. The Hall–Kier alpha value is -3.26. The number of carbonyl (C=O) groups is 3. The molecule has 1 saturated heterocycles. The number of rotatable bonds is 5. The number of alkyl halides is 1. The SMILES string of the molecule is COc1ccc(I(C)c2ccc(CN(C(=O)OC(C)(C)C)C(=NC(=O)OC(C)(C)C)N3CN(C)C(=O)N(C)C3)cc2Cl)cc1. The molecule has 0 aromatic heterocycles. The molecule has 11 nitrogen and oxygen atoms in total. The van der Waals surface area contributed by atoms with Crippen molar-refractivity contribution in [3.63, 3.8) is 0 Å². The monoisotopic (exact) mass is 743 g/mol. The molecule has 1 heterocycles. The molecule has 0 N–H and O–H groups in total. The molecule has 1 aliphatic heterocycles. The van der Waals surface area contributed by atoms with Crippen LogP contribution < -0.4 is 4.74 Å². The van der Waals surface area contributed by atoms with Gasteiger partial charge in [-0.15, -0.1) is 0 Å². The van der Waals surface area contributed by atoms with Crippen LogP contribution in [0, 0.1) is 7.14 Å². The summed E-state index contributed by atoms with van der Waals surface area (Å²) in [6, 6.07) is 13.5. The van der Waals surface area contributed by atoms with Gasteiger partial charge in [0.05, 0.1) is 0 Å². The van der Waals surface area contributed by atoms with E-state index in [2.05, 4.69) is 22.1 Å². The van der Waals surface area contributed by atoms with Gasteiger partial charge in [-0.2, -0.15) is 0 Å². The third kappa shape index (κ3) is 9.62. The van der Waals surface area contributed by atoms with Gasteiger partial charge in [0.1, 0.15) is 0 Å². The van der Waals surface area contributed by atoms with Gasteiger partial charge in [0.15, 0.2) is 0 Å². The summed E-state index contributed by atoms with van der Waals surface area (Å²) in [6.45, 7) is 10.6.